The Morgan fingerprint density at radius 2 is 2.45 bits per heavy atom. The van der Waals surface area contributed by atoms with Crippen molar-refractivity contribution in [3.05, 3.63) is 24.5 Å². The molecule has 1 rings (SSSR count). The first kappa shape index (κ1) is 8.34. The Bertz CT molecular complexity index is 172. The molecule has 0 radical (unpaired) electrons. The molecule has 1 aliphatic rings. The molecule has 0 bridgehead atoms. The van der Waals surface area contributed by atoms with Gasteiger partial charge in [0.05, 0.1) is 11.9 Å². The van der Waals surface area contributed by atoms with Gasteiger partial charge in [-0.05, 0) is 13.0 Å². The first-order valence-corrected chi connectivity index (χ1v) is 3.87. The molecule has 1 saturated heterocycles. The van der Waals surface area contributed by atoms with Crippen LogP contribution in [0.15, 0.2) is 24.5 Å². The van der Waals surface area contributed by atoms with E-state index < -0.39 is 0 Å². The minimum Gasteiger partial charge on any atom is -0.491 e. The Balaban J connectivity index is 2.49. The number of ether oxygens (including phenoxy) is 1. The molecular formula is C9H14O2. The van der Waals surface area contributed by atoms with Crippen molar-refractivity contribution in [2.75, 3.05) is 0 Å². The van der Waals surface area contributed by atoms with E-state index in [4.69, 9.17) is 4.74 Å². The smallest absolute Gasteiger partial charge is 0.119 e. The second-order valence-corrected chi connectivity index (χ2v) is 2.81. The van der Waals surface area contributed by atoms with Crippen LogP contribution in [0.4, 0.5) is 0 Å². The Hall–Kier alpha value is -0.760. The summed E-state index contributed by atoms with van der Waals surface area (Å²) in [6, 6.07) is 0. The number of rotatable bonds is 1. The molecule has 0 aliphatic carbocycles. The molecule has 2 heteroatoms. The van der Waals surface area contributed by atoms with Crippen molar-refractivity contribution in [1.82, 2.24) is 0 Å². The molecule has 0 aromatic carbocycles. The zero-order chi connectivity index (χ0) is 8.27. The van der Waals surface area contributed by atoms with Gasteiger partial charge >= 0.3 is 0 Å². The summed E-state index contributed by atoms with van der Waals surface area (Å²) >= 11 is 0. The van der Waals surface area contributed by atoms with Gasteiger partial charge in [-0.1, -0.05) is 12.7 Å². The SMILES string of the molecule is C=C1CC(O)CC(C=CC)O1. The summed E-state index contributed by atoms with van der Waals surface area (Å²) in [4.78, 5) is 0. The van der Waals surface area contributed by atoms with Crippen LogP contribution in [-0.4, -0.2) is 17.3 Å². The van der Waals surface area contributed by atoms with Crippen LogP contribution < -0.4 is 0 Å². The second kappa shape index (κ2) is 3.58. The van der Waals surface area contributed by atoms with Crippen molar-refractivity contribution in [3.63, 3.8) is 0 Å². The van der Waals surface area contributed by atoms with Gasteiger partial charge in [0.1, 0.15) is 6.10 Å². The van der Waals surface area contributed by atoms with Gasteiger partial charge in [-0.3, -0.25) is 0 Å². The highest BCUT2D eigenvalue weighted by Gasteiger charge is 2.20. The highest BCUT2D eigenvalue weighted by atomic mass is 16.5. The number of allylic oxidation sites excluding steroid dienone is 1. The van der Waals surface area contributed by atoms with Crippen LogP contribution in [-0.2, 0) is 4.74 Å². The highest BCUT2D eigenvalue weighted by Crippen LogP contribution is 2.21. The van der Waals surface area contributed by atoms with E-state index in [2.05, 4.69) is 6.58 Å². The minimum atomic E-state index is -0.280. The Morgan fingerprint density at radius 3 is 3.00 bits per heavy atom. The van der Waals surface area contributed by atoms with Crippen LogP contribution in [0.1, 0.15) is 19.8 Å². The van der Waals surface area contributed by atoms with E-state index in [-0.39, 0.29) is 12.2 Å². The summed E-state index contributed by atoms with van der Waals surface area (Å²) in [6.07, 6.45) is 4.87. The normalized spacial score (nSPS) is 32.4. The quantitative estimate of drug-likeness (QED) is 0.581. The minimum absolute atomic E-state index is 0.0243. The van der Waals surface area contributed by atoms with Crippen LogP contribution in [0.3, 0.4) is 0 Å². The molecular weight excluding hydrogens is 140 g/mol. The number of aliphatic hydroxyl groups is 1. The molecule has 1 aliphatic heterocycles. The van der Waals surface area contributed by atoms with Crippen molar-refractivity contribution in [2.24, 2.45) is 0 Å². The van der Waals surface area contributed by atoms with E-state index in [1.807, 2.05) is 19.1 Å². The maximum absolute atomic E-state index is 9.30. The van der Waals surface area contributed by atoms with E-state index in [0.717, 1.165) is 0 Å². The Morgan fingerprint density at radius 1 is 1.73 bits per heavy atom. The zero-order valence-corrected chi connectivity index (χ0v) is 6.79. The third-order valence-corrected chi connectivity index (χ3v) is 1.69. The maximum Gasteiger partial charge on any atom is 0.119 e. The van der Waals surface area contributed by atoms with Gasteiger partial charge in [0.25, 0.3) is 0 Å². The van der Waals surface area contributed by atoms with E-state index in [1.54, 1.807) is 0 Å². The molecule has 2 unspecified atom stereocenters. The van der Waals surface area contributed by atoms with Gasteiger partial charge in [0.15, 0.2) is 0 Å². The van der Waals surface area contributed by atoms with Crippen LogP contribution in [0.5, 0.6) is 0 Å². The van der Waals surface area contributed by atoms with Crippen molar-refractivity contribution < 1.29 is 9.84 Å². The monoisotopic (exact) mass is 154 g/mol. The lowest BCUT2D eigenvalue weighted by molar-refractivity contribution is 0.0250. The average Bonchev–Trinajstić information content (AvgIpc) is 1.85. The summed E-state index contributed by atoms with van der Waals surface area (Å²) in [7, 11) is 0. The van der Waals surface area contributed by atoms with Crippen molar-refractivity contribution in [2.45, 2.75) is 32.0 Å². The average molecular weight is 154 g/mol. The van der Waals surface area contributed by atoms with E-state index in [0.29, 0.717) is 18.6 Å². The molecule has 2 nitrogen and oxygen atoms in total. The van der Waals surface area contributed by atoms with E-state index >= 15 is 0 Å². The largest absolute Gasteiger partial charge is 0.491 e. The summed E-state index contributed by atoms with van der Waals surface area (Å²) in [5.41, 5.74) is 0. The molecule has 0 spiro atoms. The zero-order valence-electron chi connectivity index (χ0n) is 6.79. The first-order valence-electron chi connectivity index (χ1n) is 3.87. The standard InChI is InChI=1S/C9H14O2/c1-3-4-9-6-8(10)5-7(2)11-9/h3-4,8-10H,2,5-6H2,1H3. The van der Waals surface area contributed by atoms with Gasteiger partial charge < -0.3 is 9.84 Å². The van der Waals surface area contributed by atoms with Crippen LogP contribution in [0.25, 0.3) is 0 Å². The van der Waals surface area contributed by atoms with E-state index in [1.165, 1.54) is 0 Å². The van der Waals surface area contributed by atoms with E-state index in [9.17, 15) is 5.11 Å². The third kappa shape index (κ3) is 2.39. The lowest BCUT2D eigenvalue weighted by Crippen LogP contribution is -2.25. The lowest BCUT2D eigenvalue weighted by atomic mass is 10.0. The fourth-order valence-corrected chi connectivity index (χ4v) is 1.26. The summed E-state index contributed by atoms with van der Waals surface area (Å²) in [5, 5.41) is 9.30. The van der Waals surface area contributed by atoms with Gasteiger partial charge in [-0.2, -0.15) is 0 Å². The third-order valence-electron chi connectivity index (χ3n) is 1.69. The summed E-state index contributed by atoms with van der Waals surface area (Å²) < 4.78 is 5.36. The molecule has 0 aromatic heterocycles. The molecule has 0 amide bonds. The van der Waals surface area contributed by atoms with Gasteiger partial charge in [0.2, 0.25) is 0 Å². The molecule has 2 atom stereocenters. The predicted molar refractivity (Wildman–Crippen MR) is 44.1 cm³/mol. The predicted octanol–water partition coefficient (Wildman–Crippen LogP) is 1.62. The number of hydrogen-bond acceptors (Lipinski definition) is 2. The van der Waals surface area contributed by atoms with Crippen molar-refractivity contribution in [1.29, 1.82) is 0 Å². The topological polar surface area (TPSA) is 29.5 Å². The van der Waals surface area contributed by atoms with Gasteiger partial charge in [0, 0.05) is 12.8 Å². The Kier molecular flexibility index (Phi) is 2.71. The van der Waals surface area contributed by atoms with Crippen LogP contribution >= 0.6 is 0 Å². The Labute approximate surface area is 67.2 Å². The molecule has 1 heterocycles. The molecule has 1 fully saturated rings. The summed E-state index contributed by atoms with van der Waals surface area (Å²) in [5.74, 6) is 0.687. The van der Waals surface area contributed by atoms with Crippen LogP contribution in [0.2, 0.25) is 0 Å². The molecule has 0 saturated carbocycles. The molecule has 1 N–H and O–H groups in total. The first-order chi connectivity index (χ1) is 5.22. The molecule has 62 valence electrons. The molecule has 11 heavy (non-hydrogen) atoms. The number of hydrogen-bond donors (Lipinski definition) is 1. The lowest BCUT2D eigenvalue weighted by Gasteiger charge is -2.26. The van der Waals surface area contributed by atoms with Gasteiger partial charge in [-0.25, -0.2) is 0 Å². The highest BCUT2D eigenvalue weighted by molar-refractivity contribution is 4.99. The second-order valence-electron chi connectivity index (χ2n) is 2.81. The fraction of sp³-hybridized carbons (Fsp3) is 0.556. The van der Waals surface area contributed by atoms with Gasteiger partial charge in [-0.15, -0.1) is 0 Å². The van der Waals surface area contributed by atoms with Crippen LogP contribution in [0, 0.1) is 0 Å². The molecule has 0 aromatic rings. The maximum atomic E-state index is 9.30. The number of aliphatic hydroxyl groups excluding tert-OH is 1. The summed E-state index contributed by atoms with van der Waals surface area (Å²) in [6.45, 7) is 5.62. The van der Waals surface area contributed by atoms with Crippen molar-refractivity contribution >= 4 is 0 Å². The van der Waals surface area contributed by atoms with Crippen molar-refractivity contribution in [3.8, 4) is 0 Å². The fourth-order valence-electron chi connectivity index (χ4n) is 1.26.